The molecule has 0 radical (unpaired) electrons. The van der Waals surface area contributed by atoms with Gasteiger partial charge in [-0.2, -0.15) is 4.98 Å². The van der Waals surface area contributed by atoms with Crippen LogP contribution in [-0.2, 0) is 0 Å². The highest BCUT2D eigenvalue weighted by molar-refractivity contribution is 6.49. The zero-order valence-electron chi connectivity index (χ0n) is 18.9. The standard InChI is InChI=1S/C23H24Cl3N5O3/c1-13(23(2,3)33)28-21-27-12-11-18(30-21)31(14-5-7-15(34-4)8-6-14)22(32)29-17-10-9-16(24)19(25)20(17)26/h5-13,33H,1-4H3,(H,29,32)(H,27,28,30)/t13-/m0/s1. The highest BCUT2D eigenvalue weighted by atomic mass is 35.5. The maximum absolute atomic E-state index is 13.4. The fraction of sp³-hybridized carbons (Fsp3) is 0.261. The summed E-state index contributed by atoms with van der Waals surface area (Å²) in [5, 5.41) is 16.5. The van der Waals surface area contributed by atoms with Gasteiger partial charge in [0.1, 0.15) is 11.6 Å². The van der Waals surface area contributed by atoms with Crippen molar-refractivity contribution in [2.45, 2.75) is 32.4 Å². The summed E-state index contributed by atoms with van der Waals surface area (Å²) in [6.07, 6.45) is 1.51. The number of aliphatic hydroxyl groups is 1. The average molecular weight is 525 g/mol. The van der Waals surface area contributed by atoms with Gasteiger partial charge >= 0.3 is 6.03 Å². The van der Waals surface area contributed by atoms with E-state index in [2.05, 4.69) is 20.6 Å². The van der Waals surface area contributed by atoms with E-state index in [1.165, 1.54) is 17.2 Å². The molecule has 34 heavy (non-hydrogen) atoms. The molecular weight excluding hydrogens is 501 g/mol. The van der Waals surface area contributed by atoms with Gasteiger partial charge in [0.15, 0.2) is 0 Å². The number of aromatic nitrogens is 2. The van der Waals surface area contributed by atoms with Crippen molar-refractivity contribution in [2.75, 3.05) is 22.6 Å². The SMILES string of the molecule is COc1ccc(N(C(=O)Nc2ccc(Cl)c(Cl)c2Cl)c2ccnc(N[C@@H](C)C(C)(C)O)n2)cc1. The molecule has 0 aliphatic heterocycles. The minimum atomic E-state index is -1.02. The Hall–Kier alpha value is -2.78. The Morgan fingerprint density at radius 2 is 1.76 bits per heavy atom. The number of rotatable bonds is 7. The van der Waals surface area contributed by atoms with Crippen molar-refractivity contribution in [1.29, 1.82) is 0 Å². The number of benzene rings is 2. The fourth-order valence-electron chi connectivity index (χ4n) is 2.79. The molecule has 0 unspecified atom stereocenters. The third-order valence-corrected chi connectivity index (χ3v) is 6.38. The van der Waals surface area contributed by atoms with E-state index in [1.54, 1.807) is 64.3 Å². The number of urea groups is 1. The molecule has 0 aliphatic rings. The fourth-order valence-corrected chi connectivity index (χ4v) is 3.37. The first kappa shape index (κ1) is 25.8. The van der Waals surface area contributed by atoms with E-state index >= 15 is 0 Å². The number of nitrogens with one attached hydrogen (secondary N) is 2. The molecule has 3 aromatic rings. The minimum Gasteiger partial charge on any atom is -0.497 e. The van der Waals surface area contributed by atoms with Gasteiger partial charge in [-0.1, -0.05) is 34.8 Å². The van der Waals surface area contributed by atoms with E-state index < -0.39 is 11.6 Å². The van der Waals surface area contributed by atoms with Gasteiger partial charge in [-0.25, -0.2) is 14.7 Å². The first-order chi connectivity index (χ1) is 16.0. The Balaban J connectivity index is 2.00. The van der Waals surface area contributed by atoms with Crippen LogP contribution in [0.4, 0.5) is 27.9 Å². The van der Waals surface area contributed by atoms with E-state index in [0.717, 1.165) is 0 Å². The van der Waals surface area contributed by atoms with Crippen molar-refractivity contribution >= 4 is 64.0 Å². The van der Waals surface area contributed by atoms with Gasteiger partial charge in [-0.05, 0) is 57.2 Å². The highest BCUT2D eigenvalue weighted by Gasteiger charge is 2.25. The lowest BCUT2D eigenvalue weighted by Gasteiger charge is -2.27. The first-order valence-corrected chi connectivity index (χ1v) is 11.3. The monoisotopic (exact) mass is 523 g/mol. The molecule has 0 bridgehead atoms. The van der Waals surface area contributed by atoms with E-state index in [-0.39, 0.29) is 38.6 Å². The van der Waals surface area contributed by atoms with Gasteiger partial charge in [0.25, 0.3) is 0 Å². The topological polar surface area (TPSA) is 99.6 Å². The second kappa shape index (κ2) is 10.7. The summed E-state index contributed by atoms with van der Waals surface area (Å²) in [5.74, 6) is 1.14. The summed E-state index contributed by atoms with van der Waals surface area (Å²) in [4.78, 5) is 23.5. The van der Waals surface area contributed by atoms with Gasteiger partial charge < -0.3 is 20.5 Å². The van der Waals surface area contributed by atoms with Crippen molar-refractivity contribution in [3.05, 3.63) is 63.7 Å². The molecule has 2 aromatic carbocycles. The van der Waals surface area contributed by atoms with Gasteiger partial charge in [0.2, 0.25) is 5.95 Å². The van der Waals surface area contributed by atoms with Crippen molar-refractivity contribution in [3.63, 3.8) is 0 Å². The molecule has 11 heteroatoms. The van der Waals surface area contributed by atoms with Crippen LogP contribution in [0.3, 0.4) is 0 Å². The number of carbonyl (C=O) groups excluding carboxylic acids is 1. The number of hydrogen-bond acceptors (Lipinski definition) is 6. The van der Waals surface area contributed by atoms with Crippen molar-refractivity contribution in [3.8, 4) is 5.75 Å². The van der Waals surface area contributed by atoms with Gasteiger partial charge in [-0.3, -0.25) is 0 Å². The van der Waals surface area contributed by atoms with Crippen LogP contribution in [0.5, 0.6) is 5.75 Å². The molecule has 3 N–H and O–H groups in total. The van der Waals surface area contributed by atoms with Crippen LogP contribution >= 0.6 is 34.8 Å². The Morgan fingerprint density at radius 1 is 1.09 bits per heavy atom. The van der Waals surface area contributed by atoms with Crippen LogP contribution in [0.2, 0.25) is 15.1 Å². The summed E-state index contributed by atoms with van der Waals surface area (Å²) >= 11 is 18.4. The molecular formula is C23H24Cl3N5O3. The lowest BCUT2D eigenvalue weighted by molar-refractivity contribution is 0.0646. The maximum Gasteiger partial charge on any atom is 0.332 e. The van der Waals surface area contributed by atoms with Crippen molar-refractivity contribution in [2.24, 2.45) is 0 Å². The third-order valence-electron chi connectivity index (χ3n) is 5.09. The first-order valence-electron chi connectivity index (χ1n) is 10.2. The minimum absolute atomic E-state index is 0.112. The Labute approximate surface area is 212 Å². The molecule has 1 heterocycles. The number of ether oxygens (including phenoxy) is 1. The largest absolute Gasteiger partial charge is 0.497 e. The normalized spacial score (nSPS) is 12.1. The molecule has 1 aromatic heterocycles. The Bertz CT molecular complexity index is 1170. The highest BCUT2D eigenvalue weighted by Crippen LogP contribution is 2.36. The predicted molar refractivity (Wildman–Crippen MR) is 137 cm³/mol. The average Bonchev–Trinajstić information content (AvgIpc) is 2.80. The van der Waals surface area contributed by atoms with Gasteiger partial charge in [0.05, 0.1) is 45.2 Å². The molecule has 0 fully saturated rings. The van der Waals surface area contributed by atoms with Crippen LogP contribution in [0.25, 0.3) is 0 Å². The quantitative estimate of drug-likeness (QED) is 0.310. The zero-order chi connectivity index (χ0) is 25.0. The molecule has 8 nitrogen and oxygen atoms in total. The van der Waals surface area contributed by atoms with E-state index in [4.69, 9.17) is 39.5 Å². The summed E-state index contributed by atoms with van der Waals surface area (Å²) in [7, 11) is 1.55. The molecule has 1 atom stereocenters. The van der Waals surface area contributed by atoms with Crippen LogP contribution in [0, 0.1) is 0 Å². The summed E-state index contributed by atoms with van der Waals surface area (Å²) in [6, 6.07) is 10.6. The van der Waals surface area contributed by atoms with E-state index in [1.807, 2.05) is 0 Å². The molecule has 2 amide bonds. The molecule has 0 saturated heterocycles. The van der Waals surface area contributed by atoms with Gasteiger partial charge in [0, 0.05) is 12.3 Å². The molecule has 0 spiro atoms. The molecule has 0 aliphatic carbocycles. The van der Waals surface area contributed by atoms with Crippen LogP contribution in [-0.4, -0.2) is 39.9 Å². The molecule has 180 valence electrons. The Morgan fingerprint density at radius 3 is 2.38 bits per heavy atom. The second-order valence-corrected chi connectivity index (χ2v) is 9.11. The number of hydrogen-bond donors (Lipinski definition) is 3. The number of anilines is 4. The van der Waals surface area contributed by atoms with Crippen molar-refractivity contribution < 1.29 is 14.6 Å². The maximum atomic E-state index is 13.4. The predicted octanol–water partition coefficient (Wildman–Crippen LogP) is 6.39. The number of methoxy groups -OCH3 is 1. The molecule has 3 rings (SSSR count). The summed E-state index contributed by atoms with van der Waals surface area (Å²) in [5.41, 5.74) is -0.228. The smallest absolute Gasteiger partial charge is 0.332 e. The van der Waals surface area contributed by atoms with Gasteiger partial charge in [-0.15, -0.1) is 0 Å². The lowest BCUT2D eigenvalue weighted by atomic mass is 10.0. The number of halogens is 3. The number of amides is 2. The van der Waals surface area contributed by atoms with Crippen molar-refractivity contribution in [1.82, 2.24) is 9.97 Å². The number of carbonyl (C=O) groups is 1. The number of nitrogens with zero attached hydrogens (tertiary/aromatic N) is 3. The third kappa shape index (κ3) is 6.01. The lowest BCUT2D eigenvalue weighted by Crippen LogP contribution is -2.40. The Kier molecular flexibility index (Phi) is 8.09. The molecule has 0 saturated carbocycles. The second-order valence-electron chi connectivity index (χ2n) is 7.94. The summed E-state index contributed by atoms with van der Waals surface area (Å²) < 4.78 is 5.22. The van der Waals surface area contributed by atoms with Crippen LogP contribution in [0.1, 0.15) is 20.8 Å². The zero-order valence-corrected chi connectivity index (χ0v) is 21.2. The van der Waals surface area contributed by atoms with Crippen LogP contribution < -0.4 is 20.3 Å². The van der Waals surface area contributed by atoms with Crippen LogP contribution in [0.15, 0.2) is 48.7 Å². The summed E-state index contributed by atoms with van der Waals surface area (Å²) in [6.45, 7) is 5.15. The van der Waals surface area contributed by atoms with E-state index in [9.17, 15) is 9.90 Å². The van der Waals surface area contributed by atoms with E-state index in [0.29, 0.717) is 11.4 Å².